The van der Waals surface area contributed by atoms with Crippen LogP contribution in [-0.4, -0.2) is 37.2 Å². The van der Waals surface area contributed by atoms with Crippen molar-refractivity contribution in [3.63, 3.8) is 0 Å². The highest BCUT2D eigenvalue weighted by molar-refractivity contribution is 7.99. The highest BCUT2D eigenvalue weighted by Crippen LogP contribution is 2.22. The van der Waals surface area contributed by atoms with E-state index in [0.717, 1.165) is 17.9 Å². The Morgan fingerprint density at radius 2 is 1.95 bits per heavy atom. The molecule has 4 heteroatoms. The highest BCUT2D eigenvalue weighted by atomic mass is 32.2. The average molecular weight is 283 g/mol. The molecule has 0 bridgehead atoms. The van der Waals surface area contributed by atoms with Crippen LogP contribution in [0.4, 0.5) is 5.69 Å². The van der Waals surface area contributed by atoms with Crippen molar-refractivity contribution in [3.8, 4) is 0 Å². The van der Waals surface area contributed by atoms with Gasteiger partial charge in [0.15, 0.2) is 0 Å². The smallest absolute Gasteiger partial charge is 0.0666 e. The molecular weight excluding hydrogens is 258 g/mol. The van der Waals surface area contributed by atoms with Crippen molar-refractivity contribution in [2.45, 2.75) is 31.2 Å². The number of methoxy groups -OCH3 is 1. The minimum Gasteiger partial charge on any atom is -0.396 e. The fourth-order valence-electron chi connectivity index (χ4n) is 1.70. The van der Waals surface area contributed by atoms with Gasteiger partial charge in [-0.05, 0) is 36.6 Å². The monoisotopic (exact) mass is 283 g/mol. The van der Waals surface area contributed by atoms with E-state index in [9.17, 15) is 0 Å². The molecule has 0 amide bonds. The molecule has 0 aliphatic carbocycles. The van der Waals surface area contributed by atoms with E-state index in [2.05, 4.69) is 43.4 Å². The summed E-state index contributed by atoms with van der Waals surface area (Å²) >= 11 is 1.78. The topological polar surface area (TPSA) is 41.5 Å². The molecule has 1 unspecified atom stereocenters. The lowest BCUT2D eigenvalue weighted by atomic mass is 10.1. The van der Waals surface area contributed by atoms with Crippen molar-refractivity contribution >= 4 is 17.4 Å². The lowest BCUT2D eigenvalue weighted by Gasteiger charge is -2.22. The normalized spacial score (nSPS) is 12.7. The number of anilines is 1. The quantitative estimate of drug-likeness (QED) is 0.539. The van der Waals surface area contributed by atoms with E-state index in [1.807, 2.05) is 0 Å². The van der Waals surface area contributed by atoms with E-state index in [1.165, 1.54) is 4.90 Å². The number of aliphatic hydroxyl groups is 1. The van der Waals surface area contributed by atoms with E-state index >= 15 is 0 Å². The Hall–Kier alpha value is -0.710. The summed E-state index contributed by atoms with van der Waals surface area (Å²) in [5.41, 5.74) is 1.13. The Kier molecular flexibility index (Phi) is 7.94. The first-order valence-corrected chi connectivity index (χ1v) is 7.75. The summed E-state index contributed by atoms with van der Waals surface area (Å²) in [6.45, 7) is 5.36. The van der Waals surface area contributed by atoms with Gasteiger partial charge in [-0.15, -0.1) is 11.8 Å². The summed E-state index contributed by atoms with van der Waals surface area (Å²) in [4.78, 5) is 1.24. The Balaban J connectivity index is 2.50. The third kappa shape index (κ3) is 6.32. The molecule has 19 heavy (non-hydrogen) atoms. The van der Waals surface area contributed by atoms with Gasteiger partial charge in [-0.2, -0.15) is 0 Å². The van der Waals surface area contributed by atoms with Gasteiger partial charge < -0.3 is 15.2 Å². The maximum absolute atomic E-state index is 8.75. The van der Waals surface area contributed by atoms with E-state index in [1.54, 1.807) is 18.9 Å². The van der Waals surface area contributed by atoms with Crippen molar-refractivity contribution < 1.29 is 9.84 Å². The Labute approximate surface area is 120 Å². The van der Waals surface area contributed by atoms with Crippen LogP contribution in [0.15, 0.2) is 29.2 Å². The SMILES string of the molecule is COCC(Nc1ccc(SCCCO)cc1)C(C)C. The lowest BCUT2D eigenvalue weighted by molar-refractivity contribution is 0.171. The number of nitrogens with one attached hydrogen (secondary N) is 1. The zero-order valence-electron chi connectivity index (χ0n) is 12.1. The molecule has 0 fully saturated rings. The van der Waals surface area contributed by atoms with Gasteiger partial charge in [0.1, 0.15) is 0 Å². The molecule has 3 nitrogen and oxygen atoms in total. The number of hydrogen-bond acceptors (Lipinski definition) is 4. The van der Waals surface area contributed by atoms with Crippen LogP contribution in [0.25, 0.3) is 0 Å². The fourth-order valence-corrected chi connectivity index (χ4v) is 2.53. The summed E-state index contributed by atoms with van der Waals surface area (Å²) in [6, 6.07) is 8.78. The van der Waals surface area contributed by atoms with Gasteiger partial charge in [-0.3, -0.25) is 0 Å². The number of hydrogen-bond donors (Lipinski definition) is 2. The van der Waals surface area contributed by atoms with Gasteiger partial charge >= 0.3 is 0 Å². The maximum atomic E-state index is 8.75. The molecule has 0 aliphatic rings. The van der Waals surface area contributed by atoms with Crippen LogP contribution in [0.1, 0.15) is 20.3 Å². The number of ether oxygens (including phenoxy) is 1. The van der Waals surface area contributed by atoms with Gasteiger partial charge in [0.25, 0.3) is 0 Å². The van der Waals surface area contributed by atoms with Crippen molar-refractivity contribution in [2.75, 3.05) is 31.4 Å². The molecule has 0 radical (unpaired) electrons. The zero-order chi connectivity index (χ0) is 14.1. The van der Waals surface area contributed by atoms with Crippen LogP contribution in [0.2, 0.25) is 0 Å². The minimum absolute atomic E-state index is 0.264. The Morgan fingerprint density at radius 3 is 2.47 bits per heavy atom. The third-order valence-corrected chi connectivity index (χ3v) is 4.03. The summed E-state index contributed by atoms with van der Waals surface area (Å²) in [5.74, 6) is 1.49. The second-order valence-corrected chi connectivity index (χ2v) is 6.07. The Bertz CT molecular complexity index is 341. The predicted octanol–water partition coefficient (Wildman–Crippen LogP) is 3.24. The average Bonchev–Trinajstić information content (AvgIpc) is 2.40. The largest absolute Gasteiger partial charge is 0.396 e. The van der Waals surface area contributed by atoms with Crippen molar-refractivity contribution in [1.29, 1.82) is 0 Å². The van der Waals surface area contributed by atoms with Crippen molar-refractivity contribution in [2.24, 2.45) is 5.92 Å². The van der Waals surface area contributed by atoms with Crippen LogP contribution < -0.4 is 5.32 Å². The molecule has 0 saturated carbocycles. The van der Waals surface area contributed by atoms with Crippen LogP contribution in [0.3, 0.4) is 0 Å². The molecule has 1 aromatic carbocycles. The van der Waals surface area contributed by atoms with E-state index in [0.29, 0.717) is 18.6 Å². The summed E-state index contributed by atoms with van der Waals surface area (Å²) in [5, 5.41) is 12.3. The molecule has 1 rings (SSSR count). The molecule has 108 valence electrons. The molecule has 0 aromatic heterocycles. The van der Waals surface area contributed by atoms with Crippen LogP contribution in [-0.2, 0) is 4.74 Å². The number of aliphatic hydroxyl groups excluding tert-OH is 1. The van der Waals surface area contributed by atoms with Crippen molar-refractivity contribution in [1.82, 2.24) is 0 Å². The standard InChI is InChI=1S/C15H25NO2S/c1-12(2)15(11-18-3)16-13-5-7-14(8-6-13)19-10-4-9-17/h5-8,12,15-17H,4,9-11H2,1-3H3. The van der Waals surface area contributed by atoms with Crippen LogP contribution in [0.5, 0.6) is 0 Å². The lowest BCUT2D eigenvalue weighted by Crippen LogP contribution is -2.30. The summed E-state index contributed by atoms with van der Waals surface area (Å²) in [7, 11) is 1.73. The zero-order valence-corrected chi connectivity index (χ0v) is 12.9. The third-order valence-electron chi connectivity index (χ3n) is 2.93. The summed E-state index contributed by atoms with van der Waals surface area (Å²) in [6.07, 6.45) is 0.841. The molecule has 2 N–H and O–H groups in total. The minimum atomic E-state index is 0.264. The van der Waals surface area contributed by atoms with Gasteiger partial charge in [-0.1, -0.05) is 13.8 Å². The number of benzene rings is 1. The number of thioether (sulfide) groups is 1. The number of rotatable bonds is 9. The van der Waals surface area contributed by atoms with E-state index < -0.39 is 0 Å². The van der Waals surface area contributed by atoms with Crippen molar-refractivity contribution in [3.05, 3.63) is 24.3 Å². The molecule has 0 heterocycles. The van der Waals surface area contributed by atoms with Gasteiger partial charge in [0.2, 0.25) is 0 Å². The highest BCUT2D eigenvalue weighted by Gasteiger charge is 2.12. The van der Waals surface area contributed by atoms with Crippen LogP contribution in [0, 0.1) is 5.92 Å². The first kappa shape index (κ1) is 16.3. The molecule has 1 atom stereocenters. The van der Waals surface area contributed by atoms with E-state index in [-0.39, 0.29) is 6.61 Å². The van der Waals surface area contributed by atoms with Gasteiger partial charge in [0.05, 0.1) is 12.6 Å². The molecule has 0 aliphatic heterocycles. The first-order valence-electron chi connectivity index (χ1n) is 6.76. The second-order valence-electron chi connectivity index (χ2n) is 4.90. The molecule has 0 spiro atoms. The molecular formula is C15H25NO2S. The van der Waals surface area contributed by atoms with Gasteiger partial charge in [-0.25, -0.2) is 0 Å². The maximum Gasteiger partial charge on any atom is 0.0666 e. The predicted molar refractivity (Wildman–Crippen MR) is 83.0 cm³/mol. The van der Waals surface area contributed by atoms with Crippen LogP contribution >= 0.6 is 11.8 Å². The molecule has 0 saturated heterocycles. The molecule has 1 aromatic rings. The fraction of sp³-hybridized carbons (Fsp3) is 0.600. The Morgan fingerprint density at radius 1 is 1.26 bits per heavy atom. The second kappa shape index (κ2) is 9.23. The summed E-state index contributed by atoms with van der Waals surface area (Å²) < 4.78 is 5.24. The van der Waals surface area contributed by atoms with Gasteiger partial charge in [0, 0.05) is 30.1 Å². The van der Waals surface area contributed by atoms with E-state index in [4.69, 9.17) is 9.84 Å². The first-order chi connectivity index (χ1) is 9.17.